The number of rotatable bonds is 5. The molecular formula is C10H14FNO3S2. The van der Waals surface area contributed by atoms with Crippen LogP contribution in [0.4, 0.5) is 10.1 Å². The number of nitrogens with two attached hydrogens (primary N) is 1. The van der Waals surface area contributed by atoms with Crippen LogP contribution >= 0.6 is 0 Å². The van der Waals surface area contributed by atoms with Gasteiger partial charge in [0.1, 0.15) is 5.82 Å². The van der Waals surface area contributed by atoms with Crippen LogP contribution in [0.5, 0.6) is 0 Å². The number of hydrogen-bond acceptors (Lipinski definition) is 4. The molecule has 96 valence electrons. The second-order valence-corrected chi connectivity index (χ2v) is 7.49. The van der Waals surface area contributed by atoms with Crippen LogP contribution in [0.1, 0.15) is 6.92 Å². The zero-order chi connectivity index (χ0) is 13.1. The van der Waals surface area contributed by atoms with Gasteiger partial charge in [-0.25, -0.2) is 12.8 Å². The van der Waals surface area contributed by atoms with Crippen LogP contribution in [0.15, 0.2) is 23.1 Å². The Bertz CT molecular complexity index is 528. The molecule has 0 bridgehead atoms. The van der Waals surface area contributed by atoms with E-state index < -0.39 is 26.5 Å². The lowest BCUT2D eigenvalue weighted by molar-refractivity contribution is 0.593. The van der Waals surface area contributed by atoms with E-state index in [1.807, 2.05) is 0 Å². The number of nitrogen functional groups attached to an aromatic ring is 1. The number of sulfone groups is 1. The van der Waals surface area contributed by atoms with Crippen molar-refractivity contribution >= 4 is 26.3 Å². The van der Waals surface area contributed by atoms with Crippen LogP contribution in [-0.2, 0) is 20.6 Å². The molecular weight excluding hydrogens is 265 g/mol. The van der Waals surface area contributed by atoms with Crippen molar-refractivity contribution in [2.75, 3.05) is 23.0 Å². The number of halogens is 1. The fourth-order valence-corrected chi connectivity index (χ4v) is 3.78. The third kappa shape index (κ3) is 4.08. The highest BCUT2D eigenvalue weighted by atomic mass is 32.2. The van der Waals surface area contributed by atoms with Crippen molar-refractivity contribution in [2.24, 2.45) is 0 Å². The summed E-state index contributed by atoms with van der Waals surface area (Å²) in [4.78, 5) is -0.00879. The van der Waals surface area contributed by atoms with Gasteiger partial charge >= 0.3 is 0 Å². The van der Waals surface area contributed by atoms with Crippen LogP contribution in [0.25, 0.3) is 0 Å². The molecule has 0 aliphatic carbocycles. The van der Waals surface area contributed by atoms with Gasteiger partial charge in [0, 0.05) is 17.2 Å². The molecule has 0 spiro atoms. The van der Waals surface area contributed by atoms with Crippen LogP contribution in [0, 0.1) is 5.82 Å². The molecule has 0 heterocycles. The Hall–Kier alpha value is -0.950. The SMILES string of the molecule is CCS(=O)(=O)CCS(=O)c1ccc(N)cc1F. The largest absolute Gasteiger partial charge is 0.399 e. The first-order valence-electron chi connectivity index (χ1n) is 4.99. The molecule has 2 N–H and O–H groups in total. The standard InChI is InChI=1S/C10H14FNO3S2/c1-2-17(14,15)6-5-16(13)10-4-3-8(12)7-9(10)11/h3-4,7H,2,5-6,12H2,1H3. The Morgan fingerprint density at radius 3 is 2.59 bits per heavy atom. The molecule has 1 rings (SSSR count). The maximum absolute atomic E-state index is 13.4. The predicted molar refractivity (Wildman–Crippen MR) is 66.4 cm³/mol. The molecule has 0 aromatic heterocycles. The number of hydrogen-bond donors (Lipinski definition) is 1. The lowest BCUT2D eigenvalue weighted by Gasteiger charge is -2.04. The molecule has 1 aromatic carbocycles. The average Bonchev–Trinajstić information content (AvgIpc) is 2.26. The van der Waals surface area contributed by atoms with Crippen LogP contribution in [0.2, 0.25) is 0 Å². The first-order chi connectivity index (χ1) is 7.85. The third-order valence-electron chi connectivity index (χ3n) is 2.22. The fraction of sp³-hybridized carbons (Fsp3) is 0.400. The van der Waals surface area contributed by atoms with Gasteiger partial charge in [-0.2, -0.15) is 0 Å². The highest BCUT2D eigenvalue weighted by Gasteiger charge is 2.14. The molecule has 4 nitrogen and oxygen atoms in total. The Labute approximate surface area is 102 Å². The van der Waals surface area contributed by atoms with E-state index in [0.717, 1.165) is 6.07 Å². The number of benzene rings is 1. The molecule has 1 unspecified atom stereocenters. The first kappa shape index (κ1) is 14.1. The monoisotopic (exact) mass is 279 g/mol. The lowest BCUT2D eigenvalue weighted by Crippen LogP contribution is -2.15. The van der Waals surface area contributed by atoms with Crippen LogP contribution in [-0.4, -0.2) is 29.9 Å². The molecule has 1 aromatic rings. The smallest absolute Gasteiger partial charge is 0.150 e. The van der Waals surface area contributed by atoms with Crippen molar-refractivity contribution in [1.82, 2.24) is 0 Å². The predicted octanol–water partition coefficient (Wildman–Crippen LogP) is 0.950. The van der Waals surface area contributed by atoms with Crippen molar-refractivity contribution in [2.45, 2.75) is 11.8 Å². The fourth-order valence-electron chi connectivity index (χ4n) is 1.16. The van der Waals surface area contributed by atoms with Gasteiger partial charge in [0.25, 0.3) is 0 Å². The van der Waals surface area contributed by atoms with Crippen molar-refractivity contribution in [3.8, 4) is 0 Å². The van der Waals surface area contributed by atoms with Gasteiger partial charge in [-0.15, -0.1) is 0 Å². The molecule has 7 heteroatoms. The Morgan fingerprint density at radius 1 is 1.41 bits per heavy atom. The molecule has 0 aliphatic heterocycles. The molecule has 0 fully saturated rings. The second kappa shape index (κ2) is 5.59. The van der Waals surface area contributed by atoms with E-state index >= 15 is 0 Å². The third-order valence-corrected chi connectivity index (χ3v) is 5.58. The van der Waals surface area contributed by atoms with Gasteiger partial charge in [-0.05, 0) is 18.2 Å². The quantitative estimate of drug-likeness (QED) is 0.814. The molecule has 0 aliphatic rings. The minimum absolute atomic E-state index is 0.00554. The highest BCUT2D eigenvalue weighted by Crippen LogP contribution is 2.16. The van der Waals surface area contributed by atoms with Crippen molar-refractivity contribution in [1.29, 1.82) is 0 Å². The number of anilines is 1. The van der Waals surface area contributed by atoms with Gasteiger partial charge in [-0.3, -0.25) is 4.21 Å². The summed E-state index contributed by atoms with van der Waals surface area (Å²) >= 11 is 0. The van der Waals surface area contributed by atoms with E-state index in [4.69, 9.17) is 5.73 Å². The first-order valence-corrected chi connectivity index (χ1v) is 8.13. The zero-order valence-corrected chi connectivity index (χ0v) is 11.0. The molecule has 0 saturated carbocycles. The maximum atomic E-state index is 13.4. The van der Waals surface area contributed by atoms with E-state index in [2.05, 4.69) is 0 Å². The van der Waals surface area contributed by atoms with Gasteiger partial charge in [-0.1, -0.05) is 6.92 Å². The molecule has 17 heavy (non-hydrogen) atoms. The summed E-state index contributed by atoms with van der Waals surface area (Å²) in [5, 5.41) is 0. The second-order valence-electron chi connectivity index (χ2n) is 3.48. The van der Waals surface area contributed by atoms with Gasteiger partial charge < -0.3 is 5.73 Å². The van der Waals surface area contributed by atoms with E-state index in [1.165, 1.54) is 19.1 Å². The zero-order valence-electron chi connectivity index (χ0n) is 9.35. The van der Waals surface area contributed by atoms with Crippen molar-refractivity contribution in [3.05, 3.63) is 24.0 Å². The summed E-state index contributed by atoms with van der Waals surface area (Å²) in [5.74, 6) is -0.983. The van der Waals surface area contributed by atoms with E-state index in [1.54, 1.807) is 0 Å². The van der Waals surface area contributed by atoms with E-state index in [-0.39, 0.29) is 27.8 Å². The summed E-state index contributed by atoms with van der Waals surface area (Å²) in [6.07, 6.45) is 0. The maximum Gasteiger partial charge on any atom is 0.150 e. The van der Waals surface area contributed by atoms with Gasteiger partial charge in [0.2, 0.25) is 0 Å². The summed E-state index contributed by atoms with van der Waals surface area (Å²) in [7, 11) is -4.84. The Balaban J connectivity index is 2.78. The summed E-state index contributed by atoms with van der Waals surface area (Å²) in [6.45, 7) is 1.52. The van der Waals surface area contributed by atoms with Gasteiger partial charge in [0.15, 0.2) is 9.84 Å². The Morgan fingerprint density at radius 2 is 2.06 bits per heavy atom. The normalized spacial score (nSPS) is 13.5. The van der Waals surface area contributed by atoms with E-state index in [0.29, 0.717) is 0 Å². The summed E-state index contributed by atoms with van der Waals surface area (Å²) in [6, 6.07) is 3.82. The minimum atomic E-state index is -3.18. The summed E-state index contributed by atoms with van der Waals surface area (Å²) in [5.41, 5.74) is 5.60. The topological polar surface area (TPSA) is 77.2 Å². The molecule has 0 amide bonds. The molecule has 0 saturated heterocycles. The summed E-state index contributed by atoms with van der Waals surface area (Å²) < 4.78 is 47.5. The lowest BCUT2D eigenvalue weighted by atomic mass is 10.3. The highest BCUT2D eigenvalue weighted by molar-refractivity contribution is 7.93. The van der Waals surface area contributed by atoms with Crippen molar-refractivity contribution in [3.63, 3.8) is 0 Å². The minimum Gasteiger partial charge on any atom is -0.399 e. The molecule has 1 atom stereocenters. The van der Waals surface area contributed by atoms with Crippen molar-refractivity contribution < 1.29 is 17.0 Å². The van der Waals surface area contributed by atoms with Gasteiger partial charge in [0.05, 0.1) is 21.4 Å². The van der Waals surface area contributed by atoms with Crippen LogP contribution in [0.3, 0.4) is 0 Å². The average molecular weight is 279 g/mol. The van der Waals surface area contributed by atoms with Crippen LogP contribution < -0.4 is 5.73 Å². The van der Waals surface area contributed by atoms with E-state index in [9.17, 15) is 17.0 Å². The Kier molecular flexibility index (Phi) is 4.64. The molecule has 0 radical (unpaired) electrons.